The molecule has 0 saturated carbocycles. The predicted octanol–water partition coefficient (Wildman–Crippen LogP) is 7.88. The molecular formula is C26H18N2S2. The predicted molar refractivity (Wildman–Crippen MR) is 129 cm³/mol. The summed E-state index contributed by atoms with van der Waals surface area (Å²) in [5.74, 6) is 0. The van der Waals surface area contributed by atoms with Crippen LogP contribution in [0, 0.1) is 0 Å². The Balaban J connectivity index is 1.27. The van der Waals surface area contributed by atoms with Gasteiger partial charge in [-0.2, -0.15) is 0 Å². The van der Waals surface area contributed by atoms with E-state index < -0.39 is 0 Å². The highest BCUT2D eigenvalue weighted by Gasteiger charge is 2.10. The van der Waals surface area contributed by atoms with Crippen molar-refractivity contribution in [3.05, 3.63) is 110 Å². The lowest BCUT2D eigenvalue weighted by molar-refractivity contribution is 1.08. The Bertz CT molecular complexity index is 1260. The summed E-state index contributed by atoms with van der Waals surface area (Å²) >= 11 is 3.74. The Hall–Kier alpha value is -3.34. The standard InChI is InChI=1S/C26H18N2S2/c1-2-14-27(13-1)21-9-5-19(6-10-21)23-17-25-26(29-23)18-24(30-25)20-7-11-22(12-8-20)28-15-3-4-16-28/h1-18H. The quantitative estimate of drug-likeness (QED) is 0.273. The molecular weight excluding hydrogens is 404 g/mol. The number of benzene rings is 2. The molecule has 0 aliphatic rings. The number of hydrogen-bond donors (Lipinski definition) is 0. The molecule has 0 saturated heterocycles. The van der Waals surface area contributed by atoms with Crippen LogP contribution in [-0.4, -0.2) is 9.13 Å². The van der Waals surface area contributed by atoms with Crippen LogP contribution < -0.4 is 0 Å². The molecule has 0 spiro atoms. The molecule has 2 nitrogen and oxygen atoms in total. The van der Waals surface area contributed by atoms with Crippen LogP contribution >= 0.6 is 22.7 Å². The Morgan fingerprint density at radius 3 is 1.20 bits per heavy atom. The van der Waals surface area contributed by atoms with E-state index >= 15 is 0 Å². The van der Waals surface area contributed by atoms with Crippen molar-refractivity contribution < 1.29 is 0 Å². The van der Waals surface area contributed by atoms with Crippen LogP contribution in [0.3, 0.4) is 0 Å². The van der Waals surface area contributed by atoms with E-state index in [1.165, 1.54) is 41.7 Å². The average Bonchev–Trinajstić information content (AvgIpc) is 3.58. The molecule has 30 heavy (non-hydrogen) atoms. The van der Waals surface area contributed by atoms with E-state index in [1.807, 2.05) is 46.9 Å². The number of hydrogen-bond acceptors (Lipinski definition) is 2. The molecule has 4 heterocycles. The minimum Gasteiger partial charge on any atom is -0.324 e. The second-order valence-electron chi connectivity index (χ2n) is 7.22. The van der Waals surface area contributed by atoms with Gasteiger partial charge in [-0.25, -0.2) is 0 Å². The van der Waals surface area contributed by atoms with Gasteiger partial charge >= 0.3 is 0 Å². The third-order valence-corrected chi connectivity index (χ3v) is 7.71. The zero-order valence-electron chi connectivity index (χ0n) is 16.1. The molecule has 0 bridgehead atoms. The SMILES string of the molecule is c1ccn(-c2ccc(-c3cc4sc(-c5ccc(-n6cccc6)cc5)cc4s3)cc2)c1. The summed E-state index contributed by atoms with van der Waals surface area (Å²) in [4.78, 5) is 2.65. The van der Waals surface area contributed by atoms with E-state index in [9.17, 15) is 0 Å². The van der Waals surface area contributed by atoms with Crippen LogP contribution in [0.1, 0.15) is 0 Å². The van der Waals surface area contributed by atoms with Crippen LogP contribution in [-0.2, 0) is 0 Å². The monoisotopic (exact) mass is 422 g/mol. The fourth-order valence-corrected chi connectivity index (χ4v) is 6.14. The minimum atomic E-state index is 1.19. The fourth-order valence-electron chi connectivity index (χ4n) is 3.73. The Kier molecular flexibility index (Phi) is 4.18. The third-order valence-electron chi connectivity index (χ3n) is 5.32. The van der Waals surface area contributed by atoms with Gasteiger partial charge in [-0.15, -0.1) is 22.7 Å². The van der Waals surface area contributed by atoms with Gasteiger partial charge < -0.3 is 9.13 Å². The molecule has 0 fully saturated rings. The molecule has 0 amide bonds. The van der Waals surface area contributed by atoms with Crippen molar-refractivity contribution >= 4 is 32.1 Å². The molecule has 0 atom stereocenters. The largest absolute Gasteiger partial charge is 0.324 e. The van der Waals surface area contributed by atoms with Crippen molar-refractivity contribution in [2.24, 2.45) is 0 Å². The zero-order valence-corrected chi connectivity index (χ0v) is 17.7. The lowest BCUT2D eigenvalue weighted by Crippen LogP contribution is -1.88. The summed E-state index contributed by atoms with van der Waals surface area (Å²) < 4.78 is 6.97. The molecule has 0 N–H and O–H groups in total. The molecule has 6 rings (SSSR count). The first-order valence-electron chi connectivity index (χ1n) is 9.84. The maximum absolute atomic E-state index is 2.33. The molecule has 0 aliphatic carbocycles. The summed E-state index contributed by atoms with van der Waals surface area (Å²) in [5.41, 5.74) is 4.93. The average molecular weight is 423 g/mol. The van der Waals surface area contributed by atoms with Crippen molar-refractivity contribution in [1.82, 2.24) is 9.13 Å². The van der Waals surface area contributed by atoms with E-state index in [4.69, 9.17) is 0 Å². The summed E-state index contributed by atoms with van der Waals surface area (Å²) in [6.45, 7) is 0. The summed E-state index contributed by atoms with van der Waals surface area (Å²) in [5, 5.41) is 0. The van der Waals surface area contributed by atoms with E-state index in [0.717, 1.165) is 0 Å². The van der Waals surface area contributed by atoms with Crippen molar-refractivity contribution in [2.75, 3.05) is 0 Å². The van der Waals surface area contributed by atoms with E-state index in [-0.39, 0.29) is 0 Å². The van der Waals surface area contributed by atoms with Gasteiger partial charge in [0.25, 0.3) is 0 Å². The Morgan fingerprint density at radius 1 is 0.467 bits per heavy atom. The van der Waals surface area contributed by atoms with Gasteiger partial charge in [0.2, 0.25) is 0 Å². The molecule has 0 unspecified atom stereocenters. The number of nitrogens with zero attached hydrogens (tertiary/aromatic N) is 2. The highest BCUT2D eigenvalue weighted by atomic mass is 32.1. The van der Waals surface area contributed by atoms with Crippen LogP contribution in [0.2, 0.25) is 0 Å². The normalized spacial score (nSPS) is 11.3. The third kappa shape index (κ3) is 3.11. The van der Waals surface area contributed by atoms with Crippen molar-refractivity contribution in [2.45, 2.75) is 0 Å². The highest BCUT2D eigenvalue weighted by molar-refractivity contribution is 7.31. The van der Waals surface area contributed by atoms with Gasteiger partial charge in [0.15, 0.2) is 0 Å². The smallest absolute Gasteiger partial charge is 0.0463 e. The molecule has 0 radical (unpaired) electrons. The first-order chi connectivity index (χ1) is 14.8. The van der Waals surface area contributed by atoms with E-state index in [1.54, 1.807) is 0 Å². The first kappa shape index (κ1) is 17.5. The van der Waals surface area contributed by atoms with Gasteiger partial charge in [0, 0.05) is 55.3 Å². The molecule has 0 aliphatic heterocycles. The van der Waals surface area contributed by atoms with E-state index in [0.29, 0.717) is 0 Å². The number of rotatable bonds is 4. The van der Waals surface area contributed by atoms with Crippen LogP contribution in [0.15, 0.2) is 110 Å². The Morgan fingerprint density at radius 2 is 0.833 bits per heavy atom. The molecule has 2 aromatic carbocycles. The molecule has 6 aromatic rings. The van der Waals surface area contributed by atoms with Gasteiger partial charge in [-0.3, -0.25) is 0 Å². The van der Waals surface area contributed by atoms with E-state index in [2.05, 4.69) is 94.6 Å². The summed E-state index contributed by atoms with van der Waals surface area (Å²) in [6.07, 6.45) is 8.29. The minimum absolute atomic E-state index is 1.19. The fraction of sp³-hybridized carbons (Fsp3) is 0. The number of thiophene rings is 2. The zero-order chi connectivity index (χ0) is 19.9. The lowest BCUT2D eigenvalue weighted by Gasteiger charge is -2.04. The van der Waals surface area contributed by atoms with Crippen molar-refractivity contribution in [3.8, 4) is 32.3 Å². The molecule has 4 heteroatoms. The Labute approximate surface area is 182 Å². The summed E-state index contributed by atoms with van der Waals surface area (Å²) in [7, 11) is 0. The second kappa shape index (κ2) is 7.17. The molecule has 144 valence electrons. The van der Waals surface area contributed by atoms with Crippen molar-refractivity contribution in [3.63, 3.8) is 0 Å². The highest BCUT2D eigenvalue weighted by Crippen LogP contribution is 2.41. The van der Waals surface area contributed by atoms with Crippen LogP contribution in [0.5, 0.6) is 0 Å². The molecule has 4 aromatic heterocycles. The number of aromatic nitrogens is 2. The lowest BCUT2D eigenvalue weighted by atomic mass is 10.1. The van der Waals surface area contributed by atoms with Gasteiger partial charge in [-0.1, -0.05) is 24.3 Å². The summed E-state index contributed by atoms with van der Waals surface area (Å²) in [6, 6.07) is 30.4. The van der Waals surface area contributed by atoms with Gasteiger partial charge in [0.1, 0.15) is 0 Å². The van der Waals surface area contributed by atoms with Crippen LogP contribution in [0.4, 0.5) is 0 Å². The second-order valence-corrected chi connectivity index (χ2v) is 9.39. The maximum Gasteiger partial charge on any atom is 0.0463 e. The van der Waals surface area contributed by atoms with Gasteiger partial charge in [-0.05, 0) is 71.8 Å². The van der Waals surface area contributed by atoms with Gasteiger partial charge in [0.05, 0.1) is 0 Å². The maximum atomic E-state index is 2.33. The first-order valence-corrected chi connectivity index (χ1v) is 11.5. The van der Waals surface area contributed by atoms with Crippen LogP contribution in [0.25, 0.3) is 41.7 Å². The topological polar surface area (TPSA) is 9.86 Å². The number of fused-ring (bicyclic) bond motifs is 1. The van der Waals surface area contributed by atoms with Crippen molar-refractivity contribution in [1.29, 1.82) is 0 Å².